The summed E-state index contributed by atoms with van der Waals surface area (Å²) in [5.74, 6) is -0.349. The first-order valence-corrected chi connectivity index (χ1v) is 9.48. The fraction of sp³-hybridized carbons (Fsp3) is 0.944. The van der Waals surface area contributed by atoms with Crippen molar-refractivity contribution in [3.63, 3.8) is 0 Å². The van der Waals surface area contributed by atoms with E-state index in [1.54, 1.807) is 6.92 Å². The number of hydrogen-bond acceptors (Lipinski definition) is 7. The molecule has 0 amide bonds. The molecule has 0 aromatic carbocycles. The topological polar surface area (TPSA) is 105 Å². The lowest BCUT2D eigenvalue weighted by Crippen LogP contribution is -2.59. The SMILES string of the molecule is CCCCCCCCCC(=O)OC[C@H]1O[C@@H](OCC)[C@H](O)[C@@H](O)[C@@H]1O. The fourth-order valence-corrected chi connectivity index (χ4v) is 2.83. The van der Waals surface area contributed by atoms with Crippen molar-refractivity contribution >= 4 is 5.97 Å². The Hall–Kier alpha value is -0.730. The van der Waals surface area contributed by atoms with E-state index in [1.807, 2.05) is 0 Å². The molecule has 1 aliphatic rings. The highest BCUT2D eigenvalue weighted by Crippen LogP contribution is 2.22. The van der Waals surface area contributed by atoms with Crippen molar-refractivity contribution in [3.8, 4) is 0 Å². The maximum Gasteiger partial charge on any atom is 0.305 e. The van der Waals surface area contributed by atoms with Gasteiger partial charge in [-0.15, -0.1) is 0 Å². The quantitative estimate of drug-likeness (QED) is 0.357. The molecule has 1 fully saturated rings. The molecule has 0 bridgehead atoms. The Labute approximate surface area is 150 Å². The monoisotopic (exact) mass is 362 g/mol. The number of ether oxygens (including phenoxy) is 3. The zero-order chi connectivity index (χ0) is 18.7. The summed E-state index contributed by atoms with van der Waals surface area (Å²) in [4.78, 5) is 11.8. The normalized spacial score (nSPS) is 29.6. The van der Waals surface area contributed by atoms with Crippen LogP contribution in [-0.2, 0) is 19.0 Å². The van der Waals surface area contributed by atoms with E-state index in [0.717, 1.165) is 19.3 Å². The van der Waals surface area contributed by atoms with E-state index in [-0.39, 0.29) is 19.2 Å². The van der Waals surface area contributed by atoms with Gasteiger partial charge in [0.15, 0.2) is 6.29 Å². The molecule has 1 rings (SSSR count). The van der Waals surface area contributed by atoms with E-state index in [1.165, 1.54) is 25.7 Å². The summed E-state index contributed by atoms with van der Waals surface area (Å²) >= 11 is 0. The van der Waals surface area contributed by atoms with Crippen molar-refractivity contribution in [3.05, 3.63) is 0 Å². The summed E-state index contributed by atoms with van der Waals surface area (Å²) in [6.45, 7) is 4.02. The smallest absolute Gasteiger partial charge is 0.305 e. The van der Waals surface area contributed by atoms with E-state index in [2.05, 4.69) is 6.92 Å². The molecule has 148 valence electrons. The van der Waals surface area contributed by atoms with Crippen LogP contribution >= 0.6 is 0 Å². The van der Waals surface area contributed by atoms with Crippen LogP contribution in [0.25, 0.3) is 0 Å². The number of aliphatic hydroxyl groups excluding tert-OH is 3. The Balaban J connectivity index is 2.23. The molecule has 0 radical (unpaired) electrons. The van der Waals surface area contributed by atoms with Crippen LogP contribution in [0.2, 0.25) is 0 Å². The summed E-state index contributed by atoms with van der Waals surface area (Å²) < 4.78 is 15.7. The predicted molar refractivity (Wildman–Crippen MR) is 91.9 cm³/mol. The standard InChI is InChI=1S/C18H34O7/c1-3-5-6-7-8-9-10-11-14(19)24-12-13-15(20)16(21)17(22)18(25-13)23-4-2/h13,15-18,20-22H,3-12H2,1-2H3/t13-,15-,16+,17-,18-/m1/s1. The number of rotatable bonds is 12. The van der Waals surface area contributed by atoms with Crippen molar-refractivity contribution in [2.75, 3.05) is 13.2 Å². The van der Waals surface area contributed by atoms with Crippen molar-refractivity contribution in [1.82, 2.24) is 0 Å². The first-order valence-electron chi connectivity index (χ1n) is 9.48. The molecule has 3 N–H and O–H groups in total. The molecule has 7 nitrogen and oxygen atoms in total. The highest BCUT2D eigenvalue weighted by atomic mass is 16.7. The molecule has 0 unspecified atom stereocenters. The van der Waals surface area contributed by atoms with E-state index in [4.69, 9.17) is 14.2 Å². The van der Waals surface area contributed by atoms with Gasteiger partial charge in [0.1, 0.15) is 31.0 Å². The molecule has 0 aromatic rings. The van der Waals surface area contributed by atoms with E-state index < -0.39 is 30.7 Å². The second kappa shape index (κ2) is 12.6. The van der Waals surface area contributed by atoms with E-state index >= 15 is 0 Å². The molecule has 1 aliphatic heterocycles. The largest absolute Gasteiger partial charge is 0.463 e. The minimum absolute atomic E-state index is 0.177. The Morgan fingerprint density at radius 3 is 2.20 bits per heavy atom. The Morgan fingerprint density at radius 1 is 0.920 bits per heavy atom. The van der Waals surface area contributed by atoms with Crippen LogP contribution in [0.3, 0.4) is 0 Å². The van der Waals surface area contributed by atoms with Crippen LogP contribution in [0.5, 0.6) is 0 Å². The second-order valence-corrected chi connectivity index (χ2v) is 6.52. The van der Waals surface area contributed by atoms with Crippen LogP contribution < -0.4 is 0 Å². The van der Waals surface area contributed by atoms with Gasteiger partial charge in [-0.3, -0.25) is 4.79 Å². The lowest BCUT2D eigenvalue weighted by molar-refractivity contribution is -0.300. The van der Waals surface area contributed by atoms with Gasteiger partial charge in [-0.25, -0.2) is 0 Å². The number of aliphatic hydroxyl groups is 3. The molecule has 7 heteroatoms. The molecule has 5 atom stereocenters. The molecular weight excluding hydrogens is 328 g/mol. The zero-order valence-electron chi connectivity index (χ0n) is 15.4. The van der Waals surface area contributed by atoms with Crippen LogP contribution in [0.15, 0.2) is 0 Å². The Kier molecular flexibility index (Phi) is 11.2. The number of esters is 1. The molecule has 0 saturated carbocycles. The average Bonchev–Trinajstić information content (AvgIpc) is 2.60. The molecule has 25 heavy (non-hydrogen) atoms. The summed E-state index contributed by atoms with van der Waals surface area (Å²) in [7, 11) is 0. The van der Waals surface area contributed by atoms with Crippen molar-refractivity contribution < 1.29 is 34.3 Å². The van der Waals surface area contributed by atoms with Crippen molar-refractivity contribution in [2.45, 2.75) is 95.9 Å². The third-order valence-corrected chi connectivity index (χ3v) is 4.39. The van der Waals surface area contributed by atoms with Gasteiger partial charge >= 0.3 is 5.97 Å². The minimum atomic E-state index is -1.41. The van der Waals surface area contributed by atoms with Gasteiger partial charge in [-0.2, -0.15) is 0 Å². The van der Waals surface area contributed by atoms with Gasteiger partial charge in [0.25, 0.3) is 0 Å². The average molecular weight is 362 g/mol. The molecular formula is C18H34O7. The third-order valence-electron chi connectivity index (χ3n) is 4.39. The summed E-state index contributed by atoms with van der Waals surface area (Å²) in [6.07, 6.45) is 2.10. The lowest BCUT2D eigenvalue weighted by Gasteiger charge is -2.39. The van der Waals surface area contributed by atoms with Gasteiger partial charge in [0.05, 0.1) is 0 Å². The minimum Gasteiger partial charge on any atom is -0.463 e. The number of hydrogen-bond donors (Lipinski definition) is 3. The first-order chi connectivity index (χ1) is 12.0. The molecule has 0 spiro atoms. The summed E-state index contributed by atoms with van der Waals surface area (Å²) in [5.41, 5.74) is 0. The van der Waals surface area contributed by atoms with E-state index in [9.17, 15) is 20.1 Å². The highest BCUT2D eigenvalue weighted by molar-refractivity contribution is 5.69. The first kappa shape index (κ1) is 22.3. The Morgan fingerprint density at radius 2 is 1.56 bits per heavy atom. The second-order valence-electron chi connectivity index (χ2n) is 6.52. The van der Waals surface area contributed by atoms with Gasteiger partial charge in [-0.1, -0.05) is 45.4 Å². The number of carbonyl (C=O) groups excluding carboxylic acids is 1. The molecule has 0 aromatic heterocycles. The van der Waals surface area contributed by atoms with Crippen LogP contribution in [0, 0.1) is 0 Å². The third kappa shape index (κ3) is 8.00. The maximum absolute atomic E-state index is 11.8. The number of carbonyl (C=O) groups is 1. The van der Waals surface area contributed by atoms with Crippen LogP contribution in [0.1, 0.15) is 65.2 Å². The lowest BCUT2D eigenvalue weighted by atomic mass is 9.99. The van der Waals surface area contributed by atoms with E-state index in [0.29, 0.717) is 6.42 Å². The van der Waals surface area contributed by atoms with Crippen molar-refractivity contribution in [1.29, 1.82) is 0 Å². The van der Waals surface area contributed by atoms with Crippen LogP contribution in [0.4, 0.5) is 0 Å². The molecule has 0 aliphatic carbocycles. The Bertz CT molecular complexity index is 363. The zero-order valence-corrected chi connectivity index (χ0v) is 15.4. The van der Waals surface area contributed by atoms with Crippen molar-refractivity contribution in [2.24, 2.45) is 0 Å². The highest BCUT2D eigenvalue weighted by Gasteiger charge is 2.44. The van der Waals surface area contributed by atoms with Gasteiger partial charge in [-0.05, 0) is 13.3 Å². The number of unbranched alkanes of at least 4 members (excludes halogenated alkanes) is 6. The maximum atomic E-state index is 11.8. The predicted octanol–water partition coefficient (Wildman–Crippen LogP) is 1.51. The molecule has 1 heterocycles. The summed E-state index contributed by atoms with van der Waals surface area (Å²) in [5, 5.41) is 29.6. The summed E-state index contributed by atoms with van der Waals surface area (Å²) in [6, 6.07) is 0. The van der Waals surface area contributed by atoms with Gasteiger partial charge < -0.3 is 29.5 Å². The molecule has 1 saturated heterocycles. The van der Waals surface area contributed by atoms with Crippen LogP contribution in [-0.4, -0.2) is 65.2 Å². The van der Waals surface area contributed by atoms with Gasteiger partial charge in [0.2, 0.25) is 0 Å². The van der Waals surface area contributed by atoms with Gasteiger partial charge in [0, 0.05) is 13.0 Å². The fourth-order valence-electron chi connectivity index (χ4n) is 2.83.